The molecule has 2 N–H and O–H groups in total. The molecular formula is C11H17N3O2. The maximum Gasteiger partial charge on any atom is 0.237 e. The number of rotatable bonds is 3. The Hall–Kier alpha value is -1.20. The molecule has 2 atom stereocenters. The molecule has 2 unspecified atom stereocenters. The summed E-state index contributed by atoms with van der Waals surface area (Å²) in [5.41, 5.74) is 6.51. The first-order chi connectivity index (χ1) is 7.67. The van der Waals surface area contributed by atoms with Crippen LogP contribution in [0.1, 0.15) is 31.5 Å². The van der Waals surface area contributed by atoms with Crippen molar-refractivity contribution in [1.82, 2.24) is 9.97 Å². The first-order valence-electron chi connectivity index (χ1n) is 5.42. The number of aromatic nitrogens is 2. The van der Waals surface area contributed by atoms with Crippen molar-refractivity contribution < 1.29 is 9.47 Å². The van der Waals surface area contributed by atoms with Crippen molar-refractivity contribution in [1.29, 1.82) is 0 Å². The molecule has 2 heterocycles. The molecule has 1 fully saturated rings. The molecule has 0 aliphatic carbocycles. The molecule has 0 bridgehead atoms. The summed E-state index contributed by atoms with van der Waals surface area (Å²) in [7, 11) is 1.57. The zero-order valence-electron chi connectivity index (χ0n) is 9.64. The van der Waals surface area contributed by atoms with Crippen LogP contribution in [0.4, 0.5) is 0 Å². The lowest BCUT2D eigenvalue weighted by molar-refractivity contribution is -0.00349. The summed E-state index contributed by atoms with van der Waals surface area (Å²) in [5, 5.41) is 0. The highest BCUT2D eigenvalue weighted by Gasteiger charge is 2.39. The van der Waals surface area contributed by atoms with Gasteiger partial charge in [-0.1, -0.05) is 0 Å². The number of hydrogen-bond donors (Lipinski definition) is 1. The highest BCUT2D eigenvalue weighted by atomic mass is 16.5. The molecule has 1 aliphatic heterocycles. The maximum atomic E-state index is 6.20. The molecule has 16 heavy (non-hydrogen) atoms. The van der Waals surface area contributed by atoms with Crippen molar-refractivity contribution in [2.45, 2.75) is 31.4 Å². The van der Waals surface area contributed by atoms with Gasteiger partial charge in [0, 0.05) is 19.0 Å². The van der Waals surface area contributed by atoms with E-state index in [1.165, 1.54) is 0 Å². The molecular weight excluding hydrogens is 206 g/mol. The Bertz CT molecular complexity index is 364. The molecule has 1 aromatic rings. The molecule has 1 aromatic heterocycles. The summed E-state index contributed by atoms with van der Waals surface area (Å²) < 4.78 is 10.9. The minimum absolute atomic E-state index is 0.307. The van der Waals surface area contributed by atoms with E-state index in [-0.39, 0.29) is 11.6 Å². The lowest BCUT2D eigenvalue weighted by atomic mass is 9.91. The van der Waals surface area contributed by atoms with Crippen LogP contribution in [0.5, 0.6) is 5.88 Å². The van der Waals surface area contributed by atoms with Crippen LogP contribution >= 0.6 is 0 Å². The van der Waals surface area contributed by atoms with Gasteiger partial charge in [0.2, 0.25) is 5.88 Å². The summed E-state index contributed by atoms with van der Waals surface area (Å²) in [4.78, 5) is 8.35. The van der Waals surface area contributed by atoms with Gasteiger partial charge in [-0.2, -0.15) is 0 Å². The number of nitrogens with two attached hydrogens (primary N) is 1. The summed E-state index contributed by atoms with van der Waals surface area (Å²) in [5.74, 6) is 0.478. The predicted octanol–water partition coefficient (Wildman–Crippen LogP) is 1.05. The van der Waals surface area contributed by atoms with Crippen LogP contribution in [-0.4, -0.2) is 29.3 Å². The molecule has 1 aliphatic rings. The van der Waals surface area contributed by atoms with Gasteiger partial charge in [0.25, 0.3) is 0 Å². The van der Waals surface area contributed by atoms with Crippen molar-refractivity contribution in [2.75, 3.05) is 13.7 Å². The van der Waals surface area contributed by atoms with Crippen LogP contribution in [0.25, 0.3) is 0 Å². The van der Waals surface area contributed by atoms with Crippen LogP contribution < -0.4 is 10.5 Å². The molecule has 1 saturated heterocycles. The van der Waals surface area contributed by atoms with Gasteiger partial charge in [0.1, 0.15) is 5.69 Å². The fourth-order valence-corrected chi connectivity index (χ4v) is 2.04. The average Bonchev–Trinajstić information content (AvgIpc) is 2.76. The van der Waals surface area contributed by atoms with Crippen molar-refractivity contribution in [3.8, 4) is 5.88 Å². The van der Waals surface area contributed by atoms with Gasteiger partial charge in [-0.05, 0) is 19.8 Å². The first-order valence-corrected chi connectivity index (χ1v) is 5.42. The monoisotopic (exact) mass is 223 g/mol. The molecule has 0 saturated carbocycles. The summed E-state index contributed by atoms with van der Waals surface area (Å²) in [6.45, 7) is 2.77. The molecule has 0 aromatic carbocycles. The van der Waals surface area contributed by atoms with E-state index in [0.29, 0.717) is 11.6 Å². The van der Waals surface area contributed by atoms with Gasteiger partial charge in [0.15, 0.2) is 0 Å². The Morgan fingerprint density at radius 1 is 1.50 bits per heavy atom. The predicted molar refractivity (Wildman–Crippen MR) is 59.1 cm³/mol. The molecule has 0 spiro atoms. The van der Waals surface area contributed by atoms with Gasteiger partial charge >= 0.3 is 0 Å². The Balaban J connectivity index is 2.29. The summed E-state index contributed by atoms with van der Waals surface area (Å²) in [6.07, 6.45) is 5.18. The van der Waals surface area contributed by atoms with E-state index in [4.69, 9.17) is 15.2 Å². The topological polar surface area (TPSA) is 70.3 Å². The molecule has 5 nitrogen and oxygen atoms in total. The number of nitrogens with zero attached hydrogens (tertiary/aromatic N) is 2. The third-order valence-electron chi connectivity index (χ3n) is 3.09. The molecule has 0 amide bonds. The van der Waals surface area contributed by atoms with E-state index in [1.807, 2.05) is 6.92 Å². The second-order valence-corrected chi connectivity index (χ2v) is 4.19. The van der Waals surface area contributed by atoms with E-state index in [0.717, 1.165) is 19.4 Å². The third kappa shape index (κ3) is 1.88. The van der Waals surface area contributed by atoms with Crippen LogP contribution in [0.3, 0.4) is 0 Å². The Labute approximate surface area is 95.0 Å². The summed E-state index contributed by atoms with van der Waals surface area (Å²) in [6, 6.07) is -0.307. The molecule has 5 heteroatoms. The van der Waals surface area contributed by atoms with Crippen molar-refractivity contribution >= 4 is 0 Å². The summed E-state index contributed by atoms with van der Waals surface area (Å²) >= 11 is 0. The lowest BCUT2D eigenvalue weighted by Crippen LogP contribution is -2.38. The quantitative estimate of drug-likeness (QED) is 0.829. The van der Waals surface area contributed by atoms with E-state index in [2.05, 4.69) is 9.97 Å². The van der Waals surface area contributed by atoms with Crippen molar-refractivity contribution in [3.63, 3.8) is 0 Å². The van der Waals surface area contributed by atoms with Crippen LogP contribution in [-0.2, 0) is 4.74 Å². The normalized spacial score (nSPS) is 26.7. The van der Waals surface area contributed by atoms with E-state index in [9.17, 15) is 0 Å². The minimum Gasteiger partial charge on any atom is -0.480 e. The Morgan fingerprint density at radius 2 is 2.25 bits per heavy atom. The number of methoxy groups -OCH3 is 1. The first kappa shape index (κ1) is 11.3. The lowest BCUT2D eigenvalue weighted by Gasteiger charge is -2.30. The zero-order chi connectivity index (χ0) is 11.6. The highest BCUT2D eigenvalue weighted by molar-refractivity contribution is 5.24. The largest absolute Gasteiger partial charge is 0.480 e. The Morgan fingerprint density at radius 3 is 2.88 bits per heavy atom. The second kappa shape index (κ2) is 4.35. The molecule has 88 valence electrons. The van der Waals surface area contributed by atoms with Crippen LogP contribution in [0, 0.1) is 0 Å². The van der Waals surface area contributed by atoms with Crippen molar-refractivity contribution in [3.05, 3.63) is 18.1 Å². The minimum atomic E-state index is -0.358. The maximum absolute atomic E-state index is 6.20. The molecule has 2 rings (SSSR count). The van der Waals surface area contributed by atoms with Gasteiger partial charge in [-0.3, -0.25) is 4.98 Å². The van der Waals surface area contributed by atoms with Crippen LogP contribution in [0.2, 0.25) is 0 Å². The fraction of sp³-hybridized carbons (Fsp3) is 0.636. The van der Waals surface area contributed by atoms with E-state index < -0.39 is 0 Å². The standard InChI is InChI=1S/C11H17N3O2/c1-11(4-3-7-16-11)9(12)8-10(15-2)14-6-5-13-8/h5-6,9H,3-4,7,12H2,1-2H3. The van der Waals surface area contributed by atoms with Gasteiger partial charge in [0.05, 0.1) is 18.8 Å². The van der Waals surface area contributed by atoms with Crippen molar-refractivity contribution in [2.24, 2.45) is 5.73 Å². The number of hydrogen-bond acceptors (Lipinski definition) is 5. The fourth-order valence-electron chi connectivity index (χ4n) is 2.04. The van der Waals surface area contributed by atoms with Gasteiger partial charge < -0.3 is 15.2 Å². The van der Waals surface area contributed by atoms with Gasteiger partial charge in [-0.25, -0.2) is 4.98 Å². The SMILES string of the molecule is COc1nccnc1C(N)C1(C)CCCO1. The third-order valence-corrected chi connectivity index (χ3v) is 3.09. The average molecular weight is 223 g/mol. The van der Waals surface area contributed by atoms with E-state index in [1.54, 1.807) is 19.5 Å². The second-order valence-electron chi connectivity index (χ2n) is 4.19. The van der Waals surface area contributed by atoms with E-state index >= 15 is 0 Å². The van der Waals surface area contributed by atoms with Gasteiger partial charge in [-0.15, -0.1) is 0 Å². The Kier molecular flexibility index (Phi) is 3.07. The van der Waals surface area contributed by atoms with Crippen LogP contribution in [0.15, 0.2) is 12.4 Å². The smallest absolute Gasteiger partial charge is 0.237 e. The highest BCUT2D eigenvalue weighted by Crippen LogP contribution is 2.37. The zero-order valence-corrected chi connectivity index (χ0v) is 9.64. The molecule has 0 radical (unpaired) electrons. The number of ether oxygens (including phenoxy) is 2.